The Morgan fingerprint density at radius 2 is 2.00 bits per heavy atom. The number of amides is 1. The van der Waals surface area contributed by atoms with Crippen LogP contribution in [0.3, 0.4) is 0 Å². The van der Waals surface area contributed by atoms with Gasteiger partial charge in [-0.3, -0.25) is 14.8 Å². The van der Waals surface area contributed by atoms with Gasteiger partial charge in [0.15, 0.2) is 5.69 Å². The topological polar surface area (TPSA) is 72.7 Å². The van der Waals surface area contributed by atoms with Crippen molar-refractivity contribution in [1.82, 2.24) is 25.1 Å². The fraction of sp³-hybridized carbons (Fsp3) is 0.250. The third-order valence-electron chi connectivity index (χ3n) is 5.63. The molecule has 1 N–H and O–H groups in total. The van der Waals surface area contributed by atoms with Gasteiger partial charge in [-0.25, -0.2) is 4.68 Å². The molecule has 0 bridgehead atoms. The monoisotopic (exact) mass is 451 g/mol. The molecular weight excluding hydrogens is 431 g/mol. The van der Waals surface area contributed by atoms with E-state index < -0.39 is 11.7 Å². The molecule has 0 aliphatic heterocycles. The van der Waals surface area contributed by atoms with Crippen molar-refractivity contribution in [1.29, 1.82) is 0 Å². The lowest BCUT2D eigenvalue weighted by Crippen LogP contribution is -2.26. The first-order chi connectivity index (χ1) is 15.8. The van der Waals surface area contributed by atoms with Crippen molar-refractivity contribution in [2.75, 3.05) is 6.54 Å². The van der Waals surface area contributed by atoms with Crippen molar-refractivity contribution >= 4 is 16.8 Å². The number of benzene rings is 1. The van der Waals surface area contributed by atoms with Crippen LogP contribution in [-0.2, 0) is 6.18 Å². The van der Waals surface area contributed by atoms with Gasteiger partial charge in [-0.05, 0) is 56.0 Å². The first-order valence-corrected chi connectivity index (χ1v) is 10.6. The summed E-state index contributed by atoms with van der Waals surface area (Å²) < 4.78 is 42.5. The van der Waals surface area contributed by atoms with Crippen molar-refractivity contribution in [2.24, 2.45) is 5.92 Å². The summed E-state index contributed by atoms with van der Waals surface area (Å²) in [6, 6.07) is 10.8. The van der Waals surface area contributed by atoms with Gasteiger partial charge in [0, 0.05) is 35.6 Å². The molecular formula is C24H20F3N5O. The fourth-order valence-corrected chi connectivity index (χ4v) is 3.80. The highest BCUT2D eigenvalue weighted by Crippen LogP contribution is 2.36. The Balaban J connectivity index is 1.70. The summed E-state index contributed by atoms with van der Waals surface area (Å²) in [6.45, 7) is 2.22. The summed E-state index contributed by atoms with van der Waals surface area (Å²) in [5.74, 6) is 0.179. The first-order valence-electron chi connectivity index (χ1n) is 10.6. The normalized spacial score (nSPS) is 13.9. The molecule has 1 amide bonds. The second-order valence-corrected chi connectivity index (χ2v) is 8.20. The van der Waals surface area contributed by atoms with E-state index in [-0.39, 0.29) is 22.5 Å². The molecule has 0 saturated heterocycles. The van der Waals surface area contributed by atoms with Crippen molar-refractivity contribution < 1.29 is 18.0 Å². The van der Waals surface area contributed by atoms with Crippen LogP contribution in [0.5, 0.6) is 0 Å². The van der Waals surface area contributed by atoms with Crippen LogP contribution < -0.4 is 5.32 Å². The quantitative estimate of drug-likeness (QED) is 0.466. The number of nitrogens with zero attached hydrogens (tertiary/aromatic N) is 4. The number of fused-ring (bicyclic) bond motifs is 1. The Labute approximate surface area is 187 Å². The highest BCUT2D eigenvalue weighted by Gasteiger charge is 2.34. The summed E-state index contributed by atoms with van der Waals surface area (Å²) in [7, 11) is 0. The van der Waals surface area contributed by atoms with Crippen molar-refractivity contribution in [3.05, 3.63) is 71.8 Å². The SMILES string of the molecule is Cc1cc(-n2nc(C(=O)NCC3CC3)cc2-c2cccnc2)c2cccc(C(F)(F)F)c2n1. The van der Waals surface area contributed by atoms with Gasteiger partial charge in [-0.1, -0.05) is 12.1 Å². The predicted octanol–water partition coefficient (Wildman–Crippen LogP) is 4.95. The number of hydrogen-bond acceptors (Lipinski definition) is 4. The van der Waals surface area contributed by atoms with Gasteiger partial charge < -0.3 is 5.32 Å². The zero-order valence-electron chi connectivity index (χ0n) is 17.7. The number of aromatic nitrogens is 4. The maximum atomic E-state index is 13.7. The molecule has 0 spiro atoms. The third-order valence-corrected chi connectivity index (χ3v) is 5.63. The van der Waals surface area contributed by atoms with Crippen LogP contribution in [0.25, 0.3) is 27.8 Å². The van der Waals surface area contributed by atoms with E-state index in [1.165, 1.54) is 10.7 Å². The van der Waals surface area contributed by atoms with Crippen molar-refractivity contribution in [2.45, 2.75) is 25.9 Å². The van der Waals surface area contributed by atoms with E-state index in [1.807, 2.05) is 6.07 Å². The lowest BCUT2D eigenvalue weighted by molar-refractivity contribution is -0.136. The maximum absolute atomic E-state index is 13.7. The minimum Gasteiger partial charge on any atom is -0.350 e. The molecule has 1 aliphatic carbocycles. The zero-order chi connectivity index (χ0) is 23.2. The number of alkyl halides is 3. The fourth-order valence-electron chi connectivity index (χ4n) is 3.80. The molecule has 3 heterocycles. The number of aryl methyl sites for hydroxylation is 1. The van der Waals surface area contributed by atoms with Gasteiger partial charge in [-0.2, -0.15) is 18.3 Å². The van der Waals surface area contributed by atoms with Gasteiger partial charge >= 0.3 is 6.18 Å². The van der Waals surface area contributed by atoms with Crippen LogP contribution in [0.1, 0.15) is 34.6 Å². The number of carbonyl (C=O) groups excluding carboxylic acids is 1. The first kappa shape index (κ1) is 21.1. The molecule has 1 fully saturated rings. The number of carbonyl (C=O) groups is 1. The lowest BCUT2D eigenvalue weighted by atomic mass is 10.1. The van der Waals surface area contributed by atoms with E-state index >= 15 is 0 Å². The molecule has 0 atom stereocenters. The van der Waals surface area contributed by atoms with Crippen LogP contribution in [0, 0.1) is 12.8 Å². The molecule has 0 unspecified atom stereocenters. The van der Waals surface area contributed by atoms with Crippen LogP contribution in [-0.4, -0.2) is 32.2 Å². The average molecular weight is 451 g/mol. The molecule has 0 radical (unpaired) electrons. The Kier molecular flexibility index (Phi) is 5.11. The molecule has 9 heteroatoms. The predicted molar refractivity (Wildman–Crippen MR) is 117 cm³/mol. The van der Waals surface area contributed by atoms with Crippen molar-refractivity contribution in [3.63, 3.8) is 0 Å². The number of halogens is 3. The minimum atomic E-state index is -4.55. The Morgan fingerprint density at radius 3 is 2.70 bits per heavy atom. The number of pyridine rings is 2. The highest BCUT2D eigenvalue weighted by molar-refractivity contribution is 5.95. The molecule has 33 heavy (non-hydrogen) atoms. The summed E-state index contributed by atoms with van der Waals surface area (Å²) in [5, 5.41) is 7.68. The Bertz CT molecular complexity index is 1340. The molecule has 6 nitrogen and oxygen atoms in total. The maximum Gasteiger partial charge on any atom is 0.418 e. The minimum absolute atomic E-state index is 0.160. The van der Waals surface area contributed by atoms with E-state index in [4.69, 9.17) is 0 Å². The van der Waals surface area contributed by atoms with Crippen LogP contribution in [0.4, 0.5) is 13.2 Å². The van der Waals surface area contributed by atoms with E-state index in [0.29, 0.717) is 35.1 Å². The third kappa shape index (κ3) is 4.18. The van der Waals surface area contributed by atoms with Crippen LogP contribution in [0.2, 0.25) is 0 Å². The molecule has 3 aromatic heterocycles. The van der Waals surface area contributed by atoms with Gasteiger partial charge in [0.2, 0.25) is 0 Å². The summed E-state index contributed by atoms with van der Waals surface area (Å²) in [5.41, 5.74) is 1.24. The molecule has 1 saturated carbocycles. The molecule has 5 rings (SSSR count). The van der Waals surface area contributed by atoms with Gasteiger partial charge in [-0.15, -0.1) is 0 Å². The average Bonchev–Trinajstić information content (AvgIpc) is 3.52. The van der Waals surface area contributed by atoms with Crippen LogP contribution in [0.15, 0.2) is 54.9 Å². The van der Waals surface area contributed by atoms with E-state index in [2.05, 4.69) is 20.4 Å². The van der Waals surface area contributed by atoms with Crippen LogP contribution >= 0.6 is 0 Å². The summed E-state index contributed by atoms with van der Waals surface area (Å²) in [4.78, 5) is 21.1. The second kappa shape index (κ2) is 7.99. The van der Waals surface area contributed by atoms with E-state index in [0.717, 1.165) is 18.9 Å². The van der Waals surface area contributed by atoms with E-state index in [9.17, 15) is 18.0 Å². The number of hydrogen-bond donors (Lipinski definition) is 1. The number of rotatable bonds is 5. The van der Waals surface area contributed by atoms with Crippen molar-refractivity contribution in [3.8, 4) is 16.9 Å². The lowest BCUT2D eigenvalue weighted by Gasteiger charge is -2.15. The Morgan fingerprint density at radius 1 is 1.18 bits per heavy atom. The van der Waals surface area contributed by atoms with Gasteiger partial charge in [0.1, 0.15) is 0 Å². The standard InChI is InChI=1S/C24H20F3N5O/c1-14-10-21(17-5-2-6-18(22(17)30-14)24(25,26)27)32-20(16-4-3-9-28-13-16)11-19(31-32)23(33)29-12-15-7-8-15/h2-6,9-11,13,15H,7-8,12H2,1H3,(H,29,33). The zero-order valence-corrected chi connectivity index (χ0v) is 17.7. The number of para-hydroxylation sites is 1. The second-order valence-electron chi connectivity index (χ2n) is 8.20. The molecule has 1 aliphatic rings. The van der Waals surface area contributed by atoms with Gasteiger partial charge in [0.05, 0.1) is 22.5 Å². The summed E-state index contributed by atoms with van der Waals surface area (Å²) in [6.07, 6.45) is 0.881. The molecule has 4 aromatic rings. The Hall–Kier alpha value is -3.75. The van der Waals surface area contributed by atoms with E-state index in [1.54, 1.807) is 43.6 Å². The molecule has 168 valence electrons. The summed E-state index contributed by atoms with van der Waals surface area (Å²) >= 11 is 0. The highest BCUT2D eigenvalue weighted by atomic mass is 19.4. The smallest absolute Gasteiger partial charge is 0.350 e. The number of nitrogens with one attached hydrogen (secondary N) is 1. The van der Waals surface area contributed by atoms with Gasteiger partial charge in [0.25, 0.3) is 5.91 Å². The molecule has 1 aromatic carbocycles. The largest absolute Gasteiger partial charge is 0.418 e.